The molecule has 0 aliphatic heterocycles. The Labute approximate surface area is 343 Å². The minimum Gasteiger partial charge on any atom is -0.480 e. The Balaban J connectivity index is 4.21. The molecule has 0 radical (unpaired) electrons. The van der Waals surface area contributed by atoms with E-state index in [2.05, 4.69) is 38.2 Å². The van der Waals surface area contributed by atoms with Crippen LogP contribution in [0.2, 0.25) is 0 Å². The number of carbonyl (C=O) groups excluding carboxylic acids is 1. The fraction of sp³-hybridized carbons (Fsp3) is 0.867. The minimum atomic E-state index is -4.62. The molecule has 0 aromatic rings. The van der Waals surface area contributed by atoms with E-state index in [9.17, 15) is 19.0 Å². The van der Waals surface area contributed by atoms with Gasteiger partial charge in [-0.15, -0.1) is 0 Å². The molecular formula is C45H86NO9P. The standard InChI is InChI=1S/C45H86NO9P/c1-3-5-7-9-11-13-15-17-19-21-23-25-27-29-31-33-35-37-44(47)55-42(40-53-56(50,51)54-41-43(46)45(48)49)39-52-38-36-34-32-30-28-26-24-22-20-18-16-14-12-10-8-6-4-2/h14,16,20,22,42-43H,3-13,15,17-19,21,23-41,46H2,1-2H3,(H,48,49)(H,50,51)/b16-14-,22-20-. The molecule has 0 aliphatic rings. The molecule has 330 valence electrons. The van der Waals surface area contributed by atoms with Gasteiger partial charge in [-0.05, 0) is 44.9 Å². The van der Waals surface area contributed by atoms with E-state index in [1.807, 2.05) is 0 Å². The minimum absolute atomic E-state index is 0.0137. The number of unbranched alkanes of at least 4 members (excludes halogenated alkanes) is 26. The van der Waals surface area contributed by atoms with Crippen LogP contribution >= 0.6 is 7.82 Å². The summed E-state index contributed by atoms with van der Waals surface area (Å²) in [6.07, 6.45) is 45.1. The number of hydrogen-bond acceptors (Lipinski definition) is 8. The molecule has 0 saturated carbocycles. The van der Waals surface area contributed by atoms with E-state index >= 15 is 0 Å². The van der Waals surface area contributed by atoms with Crippen molar-refractivity contribution < 1.29 is 42.7 Å². The molecule has 0 rings (SSSR count). The number of ether oxygens (including phenoxy) is 2. The molecular weight excluding hydrogens is 729 g/mol. The number of carboxylic acids is 1. The summed E-state index contributed by atoms with van der Waals surface area (Å²) in [4.78, 5) is 33.6. The third kappa shape index (κ3) is 40.6. The lowest BCUT2D eigenvalue weighted by molar-refractivity contribution is -0.154. The van der Waals surface area contributed by atoms with E-state index in [-0.39, 0.29) is 13.0 Å². The molecule has 4 N–H and O–H groups in total. The lowest BCUT2D eigenvalue weighted by Gasteiger charge is -2.20. The first kappa shape index (κ1) is 54.5. The molecule has 0 saturated heterocycles. The van der Waals surface area contributed by atoms with Crippen LogP contribution in [0, 0.1) is 0 Å². The van der Waals surface area contributed by atoms with Gasteiger partial charge in [0.25, 0.3) is 0 Å². The molecule has 56 heavy (non-hydrogen) atoms. The fourth-order valence-corrected chi connectivity index (χ4v) is 7.18. The Hall–Kier alpha value is -1.55. The number of esters is 1. The summed E-state index contributed by atoms with van der Waals surface area (Å²) < 4.78 is 33.4. The Morgan fingerprint density at radius 2 is 0.982 bits per heavy atom. The Morgan fingerprint density at radius 3 is 1.46 bits per heavy atom. The molecule has 0 fully saturated rings. The van der Waals surface area contributed by atoms with Crippen LogP contribution in [-0.2, 0) is 32.7 Å². The normalized spacial score (nSPS) is 14.1. The van der Waals surface area contributed by atoms with Crippen molar-refractivity contribution in [3.63, 3.8) is 0 Å². The first-order chi connectivity index (χ1) is 27.2. The van der Waals surface area contributed by atoms with Gasteiger partial charge >= 0.3 is 19.8 Å². The van der Waals surface area contributed by atoms with E-state index < -0.39 is 45.1 Å². The largest absolute Gasteiger partial charge is 0.480 e. The summed E-state index contributed by atoms with van der Waals surface area (Å²) in [5.74, 6) is -1.78. The van der Waals surface area contributed by atoms with Gasteiger partial charge in [-0.2, -0.15) is 0 Å². The zero-order chi connectivity index (χ0) is 41.2. The maximum absolute atomic E-state index is 12.6. The van der Waals surface area contributed by atoms with Gasteiger partial charge in [-0.1, -0.05) is 186 Å². The Bertz CT molecular complexity index is 993. The number of phosphoric ester groups is 1. The van der Waals surface area contributed by atoms with E-state index in [0.29, 0.717) is 13.0 Å². The van der Waals surface area contributed by atoms with E-state index in [0.717, 1.165) is 44.9 Å². The van der Waals surface area contributed by atoms with Crippen LogP contribution in [0.1, 0.15) is 213 Å². The summed E-state index contributed by atoms with van der Waals surface area (Å²) in [7, 11) is -4.62. The number of rotatable bonds is 44. The second kappa shape index (κ2) is 41.6. The number of nitrogens with two attached hydrogens (primary N) is 1. The van der Waals surface area contributed by atoms with Crippen LogP contribution in [0.5, 0.6) is 0 Å². The van der Waals surface area contributed by atoms with Gasteiger partial charge in [-0.25, -0.2) is 4.57 Å². The van der Waals surface area contributed by atoms with Gasteiger partial charge in [0.1, 0.15) is 12.1 Å². The molecule has 0 heterocycles. The summed E-state index contributed by atoms with van der Waals surface area (Å²) in [5.41, 5.74) is 5.36. The van der Waals surface area contributed by atoms with Crippen LogP contribution in [0.15, 0.2) is 24.3 Å². The van der Waals surface area contributed by atoms with E-state index in [1.54, 1.807) is 0 Å². The predicted molar refractivity (Wildman–Crippen MR) is 231 cm³/mol. The molecule has 0 aromatic heterocycles. The SMILES string of the molecule is CCCCCC/C=C\C/C=C\CCCCCCCCOCC(COP(=O)(O)OCC(N)C(=O)O)OC(=O)CCCCCCCCCCCCCCCCCCC. The summed E-state index contributed by atoms with van der Waals surface area (Å²) in [6.45, 7) is 3.87. The second-order valence-electron chi connectivity index (χ2n) is 15.5. The van der Waals surface area contributed by atoms with Crippen molar-refractivity contribution in [2.45, 2.75) is 225 Å². The molecule has 10 nitrogen and oxygen atoms in total. The topological polar surface area (TPSA) is 155 Å². The molecule has 0 bridgehead atoms. The van der Waals surface area contributed by atoms with Gasteiger partial charge in [0.15, 0.2) is 0 Å². The zero-order valence-electron chi connectivity index (χ0n) is 36.0. The number of carbonyl (C=O) groups is 2. The number of aliphatic carboxylic acids is 1. The van der Waals surface area contributed by atoms with Crippen molar-refractivity contribution >= 4 is 19.8 Å². The molecule has 3 unspecified atom stereocenters. The van der Waals surface area contributed by atoms with Gasteiger partial charge in [0.2, 0.25) is 0 Å². The van der Waals surface area contributed by atoms with Gasteiger partial charge in [0, 0.05) is 13.0 Å². The summed E-state index contributed by atoms with van der Waals surface area (Å²) >= 11 is 0. The monoisotopic (exact) mass is 816 g/mol. The fourth-order valence-electron chi connectivity index (χ4n) is 6.40. The van der Waals surface area contributed by atoms with Crippen LogP contribution in [0.4, 0.5) is 0 Å². The molecule has 0 aromatic carbocycles. The smallest absolute Gasteiger partial charge is 0.472 e. The predicted octanol–water partition coefficient (Wildman–Crippen LogP) is 12.7. The lowest BCUT2D eigenvalue weighted by atomic mass is 10.0. The van der Waals surface area contributed by atoms with Crippen molar-refractivity contribution in [1.82, 2.24) is 0 Å². The average molecular weight is 816 g/mol. The Kier molecular flexibility index (Phi) is 40.5. The highest BCUT2D eigenvalue weighted by atomic mass is 31.2. The second-order valence-corrected chi connectivity index (χ2v) is 17.0. The highest BCUT2D eigenvalue weighted by molar-refractivity contribution is 7.47. The van der Waals surface area contributed by atoms with E-state index in [4.69, 9.17) is 29.4 Å². The van der Waals surface area contributed by atoms with Gasteiger partial charge in [-0.3, -0.25) is 18.6 Å². The number of hydrogen-bond donors (Lipinski definition) is 3. The Morgan fingerprint density at radius 1 is 0.571 bits per heavy atom. The number of phosphoric acid groups is 1. The van der Waals surface area contributed by atoms with E-state index in [1.165, 1.54) is 141 Å². The summed E-state index contributed by atoms with van der Waals surface area (Å²) in [5, 5.41) is 8.90. The first-order valence-electron chi connectivity index (χ1n) is 22.9. The highest BCUT2D eigenvalue weighted by Gasteiger charge is 2.27. The maximum atomic E-state index is 12.6. The molecule has 0 spiro atoms. The van der Waals surface area contributed by atoms with Gasteiger partial charge in [0.05, 0.1) is 19.8 Å². The maximum Gasteiger partial charge on any atom is 0.472 e. The van der Waals surface area contributed by atoms with Crippen LogP contribution in [0.25, 0.3) is 0 Å². The molecule has 0 amide bonds. The van der Waals surface area contributed by atoms with Crippen LogP contribution < -0.4 is 5.73 Å². The first-order valence-corrected chi connectivity index (χ1v) is 24.4. The average Bonchev–Trinajstić information content (AvgIpc) is 3.18. The lowest BCUT2D eigenvalue weighted by Crippen LogP contribution is -2.34. The van der Waals surface area contributed by atoms with Crippen molar-refractivity contribution in [2.75, 3.05) is 26.4 Å². The quantitative estimate of drug-likeness (QED) is 0.0234. The van der Waals surface area contributed by atoms with Crippen LogP contribution in [-0.4, -0.2) is 60.5 Å². The third-order valence-electron chi connectivity index (χ3n) is 9.98. The van der Waals surface area contributed by atoms with Crippen molar-refractivity contribution in [1.29, 1.82) is 0 Å². The van der Waals surface area contributed by atoms with Crippen molar-refractivity contribution in [3.8, 4) is 0 Å². The molecule has 3 atom stereocenters. The molecule has 0 aliphatic carbocycles. The zero-order valence-corrected chi connectivity index (χ0v) is 36.9. The van der Waals surface area contributed by atoms with Crippen molar-refractivity contribution in [2.24, 2.45) is 5.73 Å². The highest BCUT2D eigenvalue weighted by Crippen LogP contribution is 2.43. The van der Waals surface area contributed by atoms with Crippen molar-refractivity contribution in [3.05, 3.63) is 24.3 Å². The number of allylic oxidation sites excluding steroid dienone is 4. The molecule has 11 heteroatoms. The number of carboxylic acid groups (broad SMARTS) is 1. The van der Waals surface area contributed by atoms with Gasteiger partial charge < -0.3 is 25.2 Å². The summed E-state index contributed by atoms with van der Waals surface area (Å²) in [6, 6.07) is -1.47. The third-order valence-corrected chi connectivity index (χ3v) is 10.9. The van der Waals surface area contributed by atoms with Crippen LogP contribution in [0.3, 0.4) is 0 Å².